The van der Waals surface area contributed by atoms with Crippen LogP contribution < -0.4 is 0 Å². The molecule has 0 N–H and O–H groups in total. The molecule has 0 aliphatic carbocycles. The Bertz CT molecular complexity index is 6.00. The Balaban J connectivity index is 0. The van der Waals surface area contributed by atoms with Gasteiger partial charge in [0.1, 0.15) is 0 Å². The molecule has 0 unspecified atom stereocenters. The van der Waals surface area contributed by atoms with E-state index < -0.39 is 0 Å². The van der Waals surface area contributed by atoms with Crippen molar-refractivity contribution in [3.8, 4) is 0 Å². The second kappa shape index (κ2) is 8.96. The Kier molecular flexibility index (Phi) is 21.3. The third kappa shape index (κ3) is 8.88. The molecule has 0 aromatic heterocycles. The van der Waals surface area contributed by atoms with E-state index in [2.05, 4.69) is 0 Å². The van der Waals surface area contributed by atoms with Crippen LogP contribution in [0.4, 0.5) is 0 Å². The summed E-state index contributed by atoms with van der Waals surface area (Å²) >= 11 is 9.53. The van der Waals surface area contributed by atoms with Crippen molar-refractivity contribution in [2.24, 2.45) is 0 Å². The first-order valence-corrected chi connectivity index (χ1v) is 1.60. The monoisotopic (exact) mass is 123 g/mol. The minimum Gasteiger partial charge on any atom is -0.109 e. The van der Waals surface area contributed by atoms with E-state index in [9.17, 15) is 0 Å². The van der Waals surface area contributed by atoms with Crippen LogP contribution >= 0.6 is 23.2 Å². The summed E-state index contributed by atoms with van der Waals surface area (Å²) in [6.07, 6.45) is 0. The smallest absolute Gasteiger partial charge is 0.0967 e. The summed E-state index contributed by atoms with van der Waals surface area (Å²) in [5, 5.41) is 0.194. The van der Waals surface area contributed by atoms with Crippen LogP contribution in [0.5, 0.6) is 0 Å². The average Bonchev–Trinajstić information content (AvgIpc) is 0.918. The maximum Gasteiger partial charge on any atom is 0.0967 e. The van der Waals surface area contributed by atoms with Gasteiger partial charge in [0.2, 0.25) is 0 Å². The van der Waals surface area contributed by atoms with E-state index in [0.717, 1.165) is 0 Å². The maximum atomic E-state index is 4.76. The SMILES string of the molecule is ClCCl.[K]. The summed E-state index contributed by atoms with van der Waals surface area (Å²) in [5.74, 6) is 0. The predicted molar refractivity (Wildman–Crippen MR) is 22.3 cm³/mol. The zero-order chi connectivity index (χ0) is 2.71. The zero-order valence-electron chi connectivity index (χ0n) is 2.46. The van der Waals surface area contributed by atoms with E-state index in [1.54, 1.807) is 0 Å². The van der Waals surface area contributed by atoms with Gasteiger partial charge in [-0.2, -0.15) is 0 Å². The number of halogens is 2. The fraction of sp³-hybridized carbons (Fsp3) is 1.00. The van der Waals surface area contributed by atoms with Gasteiger partial charge in [0, 0.05) is 51.4 Å². The molecule has 0 aliphatic heterocycles. The van der Waals surface area contributed by atoms with Gasteiger partial charge in [0.15, 0.2) is 0 Å². The Morgan fingerprint density at radius 1 is 1.25 bits per heavy atom. The van der Waals surface area contributed by atoms with Crippen LogP contribution in [0, 0.1) is 0 Å². The van der Waals surface area contributed by atoms with Gasteiger partial charge in [-0.1, -0.05) is 0 Å². The molecule has 0 aromatic rings. The van der Waals surface area contributed by atoms with E-state index in [4.69, 9.17) is 23.2 Å². The second-order valence-corrected chi connectivity index (χ2v) is 0.909. The van der Waals surface area contributed by atoms with Gasteiger partial charge >= 0.3 is 0 Å². The quantitative estimate of drug-likeness (QED) is 0.334. The molecule has 0 nitrogen and oxygen atoms in total. The minimum absolute atomic E-state index is 0. The first-order chi connectivity index (χ1) is 1.41. The van der Waals surface area contributed by atoms with Crippen molar-refractivity contribution < 1.29 is 0 Å². The number of hydrogen-bond donors (Lipinski definition) is 0. The minimum atomic E-state index is 0. The van der Waals surface area contributed by atoms with Crippen LogP contribution in [0.1, 0.15) is 0 Å². The molecule has 0 aliphatic rings. The average molecular weight is 124 g/mol. The fourth-order valence-corrected chi connectivity index (χ4v) is 0. The summed E-state index contributed by atoms with van der Waals surface area (Å²) in [7, 11) is 0. The van der Waals surface area contributed by atoms with Gasteiger partial charge in [0.05, 0.1) is 5.34 Å². The van der Waals surface area contributed by atoms with E-state index in [1.807, 2.05) is 0 Å². The van der Waals surface area contributed by atoms with Crippen LogP contribution in [0.15, 0.2) is 0 Å². The Morgan fingerprint density at radius 3 is 1.25 bits per heavy atom. The van der Waals surface area contributed by atoms with Crippen molar-refractivity contribution in [1.29, 1.82) is 0 Å². The Morgan fingerprint density at radius 2 is 1.25 bits per heavy atom. The third-order valence-corrected chi connectivity index (χ3v) is 0. The van der Waals surface area contributed by atoms with Crippen molar-refractivity contribution in [3.05, 3.63) is 0 Å². The summed E-state index contributed by atoms with van der Waals surface area (Å²) in [6, 6.07) is 0. The molecule has 0 atom stereocenters. The summed E-state index contributed by atoms with van der Waals surface area (Å²) in [4.78, 5) is 0. The first kappa shape index (κ1) is 9.51. The number of rotatable bonds is 0. The molecule has 0 bridgehead atoms. The molecule has 4 heavy (non-hydrogen) atoms. The number of hydrogen-bond acceptors (Lipinski definition) is 0. The van der Waals surface area contributed by atoms with Crippen molar-refractivity contribution in [2.45, 2.75) is 0 Å². The van der Waals surface area contributed by atoms with Crippen molar-refractivity contribution >= 4 is 74.6 Å². The molecule has 0 saturated carbocycles. The van der Waals surface area contributed by atoms with Crippen LogP contribution in [-0.4, -0.2) is 56.7 Å². The van der Waals surface area contributed by atoms with E-state index in [-0.39, 0.29) is 56.7 Å². The fourth-order valence-electron chi connectivity index (χ4n) is 0. The molecule has 0 aromatic carbocycles. The van der Waals surface area contributed by atoms with E-state index in [1.165, 1.54) is 0 Å². The molecule has 0 amide bonds. The molecular formula is CH2Cl2K. The second-order valence-electron chi connectivity index (χ2n) is 0.101. The van der Waals surface area contributed by atoms with Gasteiger partial charge in [-0.25, -0.2) is 0 Å². The summed E-state index contributed by atoms with van der Waals surface area (Å²) in [6.45, 7) is 0. The molecule has 0 heterocycles. The molecule has 21 valence electrons. The van der Waals surface area contributed by atoms with Gasteiger partial charge < -0.3 is 0 Å². The third-order valence-electron chi connectivity index (χ3n) is 0. The Labute approximate surface area is 78.3 Å². The van der Waals surface area contributed by atoms with Gasteiger partial charge in [-0.3, -0.25) is 0 Å². The van der Waals surface area contributed by atoms with Crippen molar-refractivity contribution in [1.82, 2.24) is 0 Å². The predicted octanol–water partition coefficient (Wildman–Crippen LogP) is 1.04. The molecule has 0 saturated heterocycles. The van der Waals surface area contributed by atoms with Gasteiger partial charge in [0.25, 0.3) is 0 Å². The molecular weight excluding hydrogens is 122 g/mol. The van der Waals surface area contributed by atoms with Crippen LogP contribution in [0.2, 0.25) is 0 Å². The standard InChI is InChI=1S/CH2Cl2.K/c2-1-3;/h1H2;. The van der Waals surface area contributed by atoms with Crippen LogP contribution in [0.25, 0.3) is 0 Å². The molecule has 0 fully saturated rings. The maximum absolute atomic E-state index is 4.76. The van der Waals surface area contributed by atoms with Crippen LogP contribution in [0.3, 0.4) is 0 Å². The largest absolute Gasteiger partial charge is 0.109 e. The van der Waals surface area contributed by atoms with Crippen molar-refractivity contribution in [2.75, 3.05) is 5.34 Å². The molecule has 0 spiro atoms. The van der Waals surface area contributed by atoms with Gasteiger partial charge in [-0.15, -0.1) is 23.2 Å². The van der Waals surface area contributed by atoms with Crippen molar-refractivity contribution in [3.63, 3.8) is 0 Å². The first-order valence-electron chi connectivity index (χ1n) is 0.535. The van der Waals surface area contributed by atoms with E-state index >= 15 is 0 Å². The zero-order valence-corrected chi connectivity index (χ0v) is 7.10. The van der Waals surface area contributed by atoms with E-state index in [0.29, 0.717) is 0 Å². The molecule has 1 radical (unpaired) electrons. The Hall–Kier alpha value is 2.22. The summed E-state index contributed by atoms with van der Waals surface area (Å²) < 4.78 is 0. The topological polar surface area (TPSA) is 0 Å². The summed E-state index contributed by atoms with van der Waals surface area (Å²) in [5.41, 5.74) is 0. The number of alkyl halides is 2. The van der Waals surface area contributed by atoms with Crippen LogP contribution in [-0.2, 0) is 0 Å². The normalized spacial score (nSPS) is 4.50. The molecule has 3 heteroatoms. The van der Waals surface area contributed by atoms with Gasteiger partial charge in [-0.05, 0) is 0 Å². The molecule has 0 rings (SSSR count).